The summed E-state index contributed by atoms with van der Waals surface area (Å²) < 4.78 is 2.15. The molecule has 35 heavy (non-hydrogen) atoms. The summed E-state index contributed by atoms with van der Waals surface area (Å²) in [5.41, 5.74) is 8.58. The molecule has 0 radical (unpaired) electrons. The summed E-state index contributed by atoms with van der Waals surface area (Å²) in [5.74, 6) is 0.0328. The van der Waals surface area contributed by atoms with Crippen molar-refractivity contribution in [3.05, 3.63) is 120 Å². The van der Waals surface area contributed by atoms with Crippen LogP contribution in [0.5, 0.6) is 0 Å². The first-order chi connectivity index (χ1) is 17.1. The van der Waals surface area contributed by atoms with E-state index in [0.29, 0.717) is 12.8 Å². The summed E-state index contributed by atoms with van der Waals surface area (Å²) in [6, 6.07) is 32.8. The molecule has 1 unspecified atom stereocenters. The monoisotopic (exact) mass is 459 g/mol. The first-order valence-corrected chi connectivity index (χ1v) is 12.1. The number of carbonyl (C=O) groups is 1. The number of pyridine rings is 1. The molecule has 3 aromatic carbocycles. The second kappa shape index (κ2) is 9.98. The molecule has 1 N–H and O–H groups in total. The fourth-order valence-electron chi connectivity index (χ4n) is 4.59. The molecule has 4 nitrogen and oxygen atoms in total. The van der Waals surface area contributed by atoms with Crippen LogP contribution in [-0.4, -0.2) is 15.3 Å². The van der Waals surface area contributed by atoms with E-state index in [-0.39, 0.29) is 11.9 Å². The van der Waals surface area contributed by atoms with Gasteiger partial charge in [-0.15, -0.1) is 0 Å². The topological polar surface area (TPSA) is 46.4 Å². The van der Waals surface area contributed by atoms with Crippen molar-refractivity contribution in [3.8, 4) is 22.4 Å². The van der Waals surface area contributed by atoms with Crippen LogP contribution in [0.15, 0.2) is 103 Å². The summed E-state index contributed by atoms with van der Waals surface area (Å²) in [5, 5.41) is 3.14. The molecule has 0 bridgehead atoms. The number of hydrogen-bond acceptors (Lipinski definition) is 2. The lowest BCUT2D eigenvalue weighted by Crippen LogP contribution is -2.26. The van der Waals surface area contributed by atoms with Crippen molar-refractivity contribution in [2.24, 2.45) is 0 Å². The van der Waals surface area contributed by atoms with Crippen molar-refractivity contribution < 1.29 is 4.79 Å². The minimum Gasteiger partial charge on any atom is -0.350 e. The average molecular weight is 460 g/mol. The van der Waals surface area contributed by atoms with E-state index in [9.17, 15) is 4.79 Å². The molecule has 1 amide bonds. The number of nitrogens with zero attached hydrogens (tertiary/aromatic N) is 2. The fraction of sp³-hybridized carbons (Fsp3) is 0.161. The van der Waals surface area contributed by atoms with Crippen LogP contribution in [0.2, 0.25) is 0 Å². The number of aryl methyl sites for hydroxylation is 2. The van der Waals surface area contributed by atoms with Gasteiger partial charge in [-0.1, -0.05) is 84.9 Å². The predicted octanol–water partition coefficient (Wildman–Crippen LogP) is 6.79. The van der Waals surface area contributed by atoms with Crippen LogP contribution in [0.1, 0.15) is 36.2 Å². The third-order valence-corrected chi connectivity index (χ3v) is 6.49. The van der Waals surface area contributed by atoms with E-state index in [2.05, 4.69) is 71.4 Å². The average Bonchev–Trinajstić information content (AvgIpc) is 3.26. The van der Waals surface area contributed by atoms with E-state index in [4.69, 9.17) is 4.98 Å². The Morgan fingerprint density at radius 2 is 1.54 bits per heavy atom. The third kappa shape index (κ3) is 4.87. The predicted molar refractivity (Wildman–Crippen MR) is 142 cm³/mol. The van der Waals surface area contributed by atoms with Crippen LogP contribution in [0.3, 0.4) is 0 Å². The number of carbonyl (C=O) groups excluding carboxylic acids is 1. The number of benzene rings is 3. The Hall–Kier alpha value is -4.18. The van der Waals surface area contributed by atoms with E-state index in [0.717, 1.165) is 33.7 Å². The number of rotatable bonds is 7. The fourth-order valence-corrected chi connectivity index (χ4v) is 4.59. The van der Waals surface area contributed by atoms with Crippen molar-refractivity contribution in [1.29, 1.82) is 0 Å². The van der Waals surface area contributed by atoms with Crippen LogP contribution in [0.25, 0.3) is 28.0 Å². The van der Waals surface area contributed by atoms with Crippen molar-refractivity contribution >= 4 is 11.6 Å². The minimum atomic E-state index is -0.0351. The molecule has 0 spiro atoms. The Morgan fingerprint density at radius 1 is 0.857 bits per heavy atom. The maximum absolute atomic E-state index is 12.9. The van der Waals surface area contributed by atoms with E-state index >= 15 is 0 Å². The Balaban J connectivity index is 1.47. The second-order valence-corrected chi connectivity index (χ2v) is 8.93. The summed E-state index contributed by atoms with van der Waals surface area (Å²) in [4.78, 5) is 17.9. The molecule has 0 saturated heterocycles. The molecule has 4 heteroatoms. The highest BCUT2D eigenvalue weighted by Crippen LogP contribution is 2.29. The highest BCUT2D eigenvalue weighted by atomic mass is 16.1. The van der Waals surface area contributed by atoms with E-state index in [1.54, 1.807) is 0 Å². The lowest BCUT2D eigenvalue weighted by molar-refractivity contribution is -0.121. The summed E-state index contributed by atoms with van der Waals surface area (Å²) in [6.45, 7) is 4.15. The molecule has 2 aromatic heterocycles. The van der Waals surface area contributed by atoms with Crippen molar-refractivity contribution in [3.63, 3.8) is 0 Å². The van der Waals surface area contributed by atoms with Gasteiger partial charge in [-0.05, 0) is 54.7 Å². The maximum Gasteiger partial charge on any atom is 0.220 e. The Labute approximate surface area is 206 Å². The number of hydrogen-bond donors (Lipinski definition) is 1. The Bertz CT molecular complexity index is 1460. The van der Waals surface area contributed by atoms with E-state index in [1.165, 1.54) is 11.1 Å². The second-order valence-electron chi connectivity index (χ2n) is 8.93. The van der Waals surface area contributed by atoms with E-state index < -0.39 is 0 Å². The molecule has 174 valence electrons. The summed E-state index contributed by atoms with van der Waals surface area (Å²) >= 11 is 0. The van der Waals surface area contributed by atoms with Gasteiger partial charge in [0, 0.05) is 18.2 Å². The largest absolute Gasteiger partial charge is 0.350 e. The van der Waals surface area contributed by atoms with Gasteiger partial charge in [0.15, 0.2) is 0 Å². The van der Waals surface area contributed by atoms with Gasteiger partial charge in [0.05, 0.1) is 17.4 Å². The van der Waals surface area contributed by atoms with Crippen molar-refractivity contribution in [2.45, 2.75) is 32.7 Å². The number of nitrogens with one attached hydrogen (secondary N) is 1. The standard InChI is InChI=1S/C31H29N3O/c1-22-11-9-10-16-27(22)26-17-19-29-33-31(25-14-7-4-8-15-25)28(34(29)21-26)18-20-30(35)32-23(2)24-12-5-3-6-13-24/h3-17,19,21,23H,18,20H2,1-2H3,(H,32,35). The van der Waals surface area contributed by atoms with Crippen molar-refractivity contribution in [2.75, 3.05) is 0 Å². The summed E-state index contributed by atoms with van der Waals surface area (Å²) in [7, 11) is 0. The molecule has 0 saturated carbocycles. The number of aromatic nitrogens is 2. The van der Waals surface area contributed by atoms with Gasteiger partial charge in [0.25, 0.3) is 0 Å². The SMILES string of the molecule is Cc1ccccc1-c1ccc2nc(-c3ccccc3)c(CCC(=O)NC(C)c3ccccc3)n2c1. The quantitative estimate of drug-likeness (QED) is 0.291. The zero-order valence-corrected chi connectivity index (χ0v) is 20.1. The van der Waals surface area contributed by atoms with Gasteiger partial charge in [0.1, 0.15) is 5.65 Å². The molecule has 5 aromatic rings. The van der Waals surface area contributed by atoms with Crippen LogP contribution < -0.4 is 5.32 Å². The highest BCUT2D eigenvalue weighted by Gasteiger charge is 2.17. The first-order valence-electron chi connectivity index (χ1n) is 12.1. The van der Waals surface area contributed by atoms with Gasteiger partial charge in [0.2, 0.25) is 5.91 Å². The number of amides is 1. The molecule has 0 aliphatic carbocycles. The number of imidazole rings is 1. The van der Waals surface area contributed by atoms with Crippen LogP contribution in [-0.2, 0) is 11.2 Å². The van der Waals surface area contributed by atoms with Gasteiger partial charge in [-0.3, -0.25) is 4.79 Å². The summed E-state index contributed by atoms with van der Waals surface area (Å²) in [6.07, 6.45) is 3.13. The van der Waals surface area contributed by atoms with Gasteiger partial charge >= 0.3 is 0 Å². The minimum absolute atomic E-state index is 0.0328. The Morgan fingerprint density at radius 3 is 2.29 bits per heavy atom. The third-order valence-electron chi connectivity index (χ3n) is 6.49. The molecule has 0 fully saturated rings. The zero-order valence-electron chi connectivity index (χ0n) is 20.1. The Kier molecular flexibility index (Phi) is 6.44. The molecule has 5 rings (SSSR count). The highest BCUT2D eigenvalue weighted by molar-refractivity contribution is 5.77. The van der Waals surface area contributed by atoms with Crippen LogP contribution >= 0.6 is 0 Å². The lowest BCUT2D eigenvalue weighted by Gasteiger charge is -2.14. The molecule has 2 heterocycles. The van der Waals surface area contributed by atoms with Crippen molar-refractivity contribution in [1.82, 2.24) is 14.7 Å². The molecule has 0 aliphatic rings. The lowest BCUT2D eigenvalue weighted by atomic mass is 10.0. The molecular formula is C31H29N3O. The first kappa shape index (κ1) is 22.6. The molecule has 1 atom stereocenters. The van der Waals surface area contributed by atoms with Gasteiger partial charge < -0.3 is 9.72 Å². The van der Waals surface area contributed by atoms with Gasteiger partial charge in [-0.2, -0.15) is 0 Å². The van der Waals surface area contributed by atoms with Gasteiger partial charge in [-0.25, -0.2) is 4.98 Å². The molecular weight excluding hydrogens is 430 g/mol. The van der Waals surface area contributed by atoms with Crippen LogP contribution in [0, 0.1) is 6.92 Å². The maximum atomic E-state index is 12.9. The zero-order chi connectivity index (χ0) is 24.2. The van der Waals surface area contributed by atoms with E-state index in [1.807, 2.05) is 55.5 Å². The normalized spacial score (nSPS) is 11.9. The smallest absolute Gasteiger partial charge is 0.220 e. The van der Waals surface area contributed by atoms with Crippen LogP contribution in [0.4, 0.5) is 0 Å². The number of fused-ring (bicyclic) bond motifs is 1. The molecule has 0 aliphatic heterocycles.